The minimum Gasteiger partial charge on any atom is -0.381 e. The lowest BCUT2D eigenvalue weighted by Gasteiger charge is -2.34. The molecule has 2 fully saturated rings. The van der Waals surface area contributed by atoms with Gasteiger partial charge in [0, 0.05) is 31.7 Å². The number of carbonyl (C=O) groups excluding carboxylic acids is 1. The third kappa shape index (κ3) is 3.57. The molecule has 0 aliphatic carbocycles. The van der Waals surface area contributed by atoms with Crippen molar-refractivity contribution in [2.75, 3.05) is 25.1 Å². The van der Waals surface area contributed by atoms with Crippen LogP contribution in [0, 0.1) is 0 Å². The summed E-state index contributed by atoms with van der Waals surface area (Å²) in [6, 6.07) is 0.331. The van der Waals surface area contributed by atoms with Crippen molar-refractivity contribution in [3.63, 3.8) is 0 Å². The molecular weight excluding hydrogens is 300 g/mol. The van der Waals surface area contributed by atoms with E-state index in [0.29, 0.717) is 17.1 Å². The Morgan fingerprint density at radius 3 is 2.91 bits per heavy atom. The molecule has 1 atom stereocenters. The zero-order chi connectivity index (χ0) is 15.4. The third-order valence-electron chi connectivity index (χ3n) is 4.58. The number of rotatable bonds is 3. The highest BCUT2D eigenvalue weighted by molar-refractivity contribution is 7.15. The van der Waals surface area contributed by atoms with E-state index in [2.05, 4.69) is 22.4 Å². The number of piperidine rings is 1. The smallest absolute Gasteiger partial charge is 0.323 e. The number of anilines is 1. The van der Waals surface area contributed by atoms with Gasteiger partial charge < -0.3 is 9.64 Å². The molecule has 6 nitrogen and oxygen atoms in total. The molecule has 0 radical (unpaired) electrons. The number of nitrogens with one attached hydrogen (secondary N) is 1. The summed E-state index contributed by atoms with van der Waals surface area (Å²) in [7, 11) is 0. The number of hydrogen-bond acceptors (Lipinski definition) is 5. The first-order valence-corrected chi connectivity index (χ1v) is 9.08. The fourth-order valence-electron chi connectivity index (χ4n) is 3.25. The van der Waals surface area contributed by atoms with Crippen molar-refractivity contribution in [2.45, 2.75) is 57.4 Å². The van der Waals surface area contributed by atoms with Crippen LogP contribution in [0.1, 0.15) is 56.4 Å². The predicted molar refractivity (Wildman–Crippen MR) is 86.4 cm³/mol. The van der Waals surface area contributed by atoms with Crippen molar-refractivity contribution in [1.82, 2.24) is 15.1 Å². The number of urea groups is 1. The van der Waals surface area contributed by atoms with Crippen LogP contribution in [0.3, 0.4) is 0 Å². The van der Waals surface area contributed by atoms with Gasteiger partial charge in [-0.15, -0.1) is 10.2 Å². The topological polar surface area (TPSA) is 67.4 Å². The molecule has 2 aliphatic rings. The van der Waals surface area contributed by atoms with Gasteiger partial charge in [0.15, 0.2) is 0 Å². The number of amides is 2. The molecule has 7 heteroatoms. The van der Waals surface area contributed by atoms with Crippen LogP contribution in [0.2, 0.25) is 0 Å². The van der Waals surface area contributed by atoms with E-state index in [1.165, 1.54) is 17.8 Å². The van der Waals surface area contributed by atoms with Crippen LogP contribution in [0.5, 0.6) is 0 Å². The average Bonchev–Trinajstić information content (AvgIpc) is 3.04. The summed E-state index contributed by atoms with van der Waals surface area (Å²) in [5.74, 6) is 0.426. The zero-order valence-electron chi connectivity index (χ0n) is 13.1. The highest BCUT2D eigenvalue weighted by Crippen LogP contribution is 2.31. The first kappa shape index (κ1) is 15.7. The first-order chi connectivity index (χ1) is 10.8. The zero-order valence-corrected chi connectivity index (χ0v) is 13.9. The maximum absolute atomic E-state index is 12.5. The molecule has 1 aromatic heterocycles. The quantitative estimate of drug-likeness (QED) is 0.927. The molecule has 2 saturated heterocycles. The van der Waals surface area contributed by atoms with E-state index in [0.717, 1.165) is 56.9 Å². The Labute approximate surface area is 135 Å². The summed E-state index contributed by atoms with van der Waals surface area (Å²) in [5, 5.41) is 13.0. The summed E-state index contributed by atoms with van der Waals surface area (Å²) >= 11 is 1.50. The Balaban J connectivity index is 1.60. The highest BCUT2D eigenvalue weighted by atomic mass is 32.1. The molecule has 0 saturated carbocycles. The fourth-order valence-corrected chi connectivity index (χ4v) is 4.15. The van der Waals surface area contributed by atoms with Crippen molar-refractivity contribution < 1.29 is 9.53 Å². The summed E-state index contributed by atoms with van der Waals surface area (Å²) in [6.45, 7) is 4.57. The minimum atomic E-state index is -0.0266. The molecule has 1 aromatic rings. The van der Waals surface area contributed by atoms with Gasteiger partial charge in [0.1, 0.15) is 5.01 Å². The molecule has 0 bridgehead atoms. The predicted octanol–water partition coefficient (Wildman–Crippen LogP) is 3.23. The van der Waals surface area contributed by atoms with Gasteiger partial charge in [-0.05, 0) is 38.5 Å². The molecule has 22 heavy (non-hydrogen) atoms. The van der Waals surface area contributed by atoms with Gasteiger partial charge in [0.25, 0.3) is 0 Å². The number of ether oxygens (including phenoxy) is 1. The number of carbonyl (C=O) groups is 1. The third-order valence-corrected chi connectivity index (χ3v) is 5.59. The van der Waals surface area contributed by atoms with E-state index in [1.807, 2.05) is 4.90 Å². The number of hydrogen-bond donors (Lipinski definition) is 1. The second kappa shape index (κ2) is 7.37. The summed E-state index contributed by atoms with van der Waals surface area (Å²) in [5.41, 5.74) is 0. The van der Waals surface area contributed by atoms with Gasteiger partial charge in [-0.3, -0.25) is 5.32 Å². The molecule has 2 amide bonds. The Bertz CT molecular complexity index is 501. The largest absolute Gasteiger partial charge is 0.381 e. The van der Waals surface area contributed by atoms with Gasteiger partial charge in [-0.2, -0.15) is 0 Å². The maximum atomic E-state index is 12.5. The van der Waals surface area contributed by atoms with E-state index in [1.54, 1.807) is 0 Å². The molecular formula is C15H24N4O2S. The van der Waals surface area contributed by atoms with Gasteiger partial charge in [-0.25, -0.2) is 4.79 Å². The average molecular weight is 324 g/mol. The molecule has 1 N–H and O–H groups in total. The van der Waals surface area contributed by atoms with Crippen LogP contribution >= 0.6 is 11.3 Å². The van der Waals surface area contributed by atoms with Crippen molar-refractivity contribution in [3.05, 3.63) is 5.01 Å². The molecule has 1 unspecified atom stereocenters. The monoisotopic (exact) mass is 324 g/mol. The van der Waals surface area contributed by atoms with E-state index in [9.17, 15) is 4.79 Å². The first-order valence-electron chi connectivity index (χ1n) is 8.26. The molecule has 0 aromatic carbocycles. The number of nitrogens with zero attached hydrogens (tertiary/aromatic N) is 3. The van der Waals surface area contributed by atoms with Crippen molar-refractivity contribution >= 4 is 22.5 Å². The van der Waals surface area contributed by atoms with Crippen LogP contribution in [-0.2, 0) is 4.74 Å². The lowest BCUT2D eigenvalue weighted by Crippen LogP contribution is -2.45. The number of likely N-dealkylation sites (tertiary alicyclic amines) is 1. The SMILES string of the molecule is CCC1CCCCN1C(=O)Nc1nnc(C2CCOCC2)s1. The Morgan fingerprint density at radius 1 is 1.32 bits per heavy atom. The van der Waals surface area contributed by atoms with E-state index in [-0.39, 0.29) is 6.03 Å². The standard InChI is InChI=1S/C15H24N4O2S/c1-2-12-5-3-4-8-19(12)15(20)16-14-18-17-13(22-14)11-6-9-21-10-7-11/h11-12H,2-10H2,1H3,(H,16,18,20). The van der Waals surface area contributed by atoms with E-state index in [4.69, 9.17) is 4.74 Å². The molecule has 3 heterocycles. The Morgan fingerprint density at radius 2 is 2.14 bits per heavy atom. The van der Waals surface area contributed by atoms with Crippen LogP contribution in [0.4, 0.5) is 9.93 Å². The van der Waals surface area contributed by atoms with Crippen molar-refractivity contribution in [2.24, 2.45) is 0 Å². The summed E-state index contributed by atoms with van der Waals surface area (Å²) < 4.78 is 5.38. The van der Waals surface area contributed by atoms with E-state index >= 15 is 0 Å². The summed E-state index contributed by atoms with van der Waals surface area (Å²) in [6.07, 6.45) is 6.41. The lowest BCUT2D eigenvalue weighted by molar-refractivity contribution is 0.0851. The van der Waals surface area contributed by atoms with Crippen LogP contribution in [0.15, 0.2) is 0 Å². The molecule has 2 aliphatic heterocycles. The normalized spacial score (nSPS) is 23.5. The van der Waals surface area contributed by atoms with Gasteiger partial charge in [0.2, 0.25) is 5.13 Å². The van der Waals surface area contributed by atoms with E-state index < -0.39 is 0 Å². The second-order valence-corrected chi connectivity index (χ2v) is 7.02. The van der Waals surface area contributed by atoms with Crippen LogP contribution in [0.25, 0.3) is 0 Å². The van der Waals surface area contributed by atoms with Gasteiger partial charge >= 0.3 is 6.03 Å². The van der Waals surface area contributed by atoms with Crippen molar-refractivity contribution in [3.8, 4) is 0 Å². The van der Waals surface area contributed by atoms with Crippen molar-refractivity contribution in [1.29, 1.82) is 0 Å². The van der Waals surface area contributed by atoms with Crippen LogP contribution < -0.4 is 5.32 Å². The van der Waals surface area contributed by atoms with Gasteiger partial charge in [0.05, 0.1) is 0 Å². The highest BCUT2D eigenvalue weighted by Gasteiger charge is 2.26. The molecule has 0 spiro atoms. The minimum absolute atomic E-state index is 0.0266. The molecule has 3 rings (SSSR count). The lowest BCUT2D eigenvalue weighted by atomic mass is 10.0. The summed E-state index contributed by atoms with van der Waals surface area (Å²) in [4.78, 5) is 14.4. The Hall–Kier alpha value is -1.21. The van der Waals surface area contributed by atoms with Gasteiger partial charge in [-0.1, -0.05) is 18.3 Å². The fraction of sp³-hybridized carbons (Fsp3) is 0.800. The van der Waals surface area contributed by atoms with Crippen LogP contribution in [-0.4, -0.2) is 46.9 Å². The Kier molecular flexibility index (Phi) is 5.25. The number of aromatic nitrogens is 2. The molecule has 122 valence electrons. The second-order valence-electron chi connectivity index (χ2n) is 6.01. The maximum Gasteiger partial charge on any atom is 0.323 e.